The van der Waals surface area contributed by atoms with Gasteiger partial charge in [0, 0.05) is 31.7 Å². The lowest BCUT2D eigenvalue weighted by molar-refractivity contribution is -0.120. The maximum atomic E-state index is 13.0. The lowest BCUT2D eigenvalue weighted by Gasteiger charge is -2.20. The molecule has 1 aliphatic heterocycles. The van der Waals surface area contributed by atoms with E-state index in [-0.39, 0.29) is 25.8 Å². The summed E-state index contributed by atoms with van der Waals surface area (Å²) < 4.78 is 13.4. The summed E-state index contributed by atoms with van der Waals surface area (Å²) in [7, 11) is 3.61. The summed E-state index contributed by atoms with van der Waals surface area (Å²) in [6.45, 7) is -0.0111. The van der Waals surface area contributed by atoms with Crippen LogP contribution in [0.4, 0.5) is 5.69 Å². The number of nitrogens with one attached hydrogen (secondary N) is 1. The molecule has 0 radical (unpaired) electrons. The second-order valence-corrected chi connectivity index (χ2v) is 7.70. The fraction of sp³-hybridized carbons (Fsp3) is 0.250. The summed E-state index contributed by atoms with van der Waals surface area (Å²) >= 11 is 0. The van der Waals surface area contributed by atoms with Gasteiger partial charge in [-0.15, -0.1) is 10.2 Å². The molecule has 9 nitrogen and oxygen atoms in total. The first-order valence-electron chi connectivity index (χ1n) is 10.2. The Kier molecular flexibility index (Phi) is 5.87. The fourth-order valence-electron chi connectivity index (χ4n) is 3.77. The van der Waals surface area contributed by atoms with Gasteiger partial charge in [-0.1, -0.05) is 37.8 Å². The topological polar surface area (TPSA) is 102 Å². The van der Waals surface area contributed by atoms with Crippen molar-refractivity contribution in [3.05, 3.63) is 72.1 Å². The highest BCUT2D eigenvalue weighted by Crippen LogP contribution is 2.35. The number of anilines is 1. The van der Waals surface area contributed by atoms with Crippen molar-refractivity contribution in [3.63, 3.8) is 0 Å². The molecule has 1 N–H and O–H groups in total. The summed E-state index contributed by atoms with van der Waals surface area (Å²) in [4.78, 5) is 27.2. The minimum Gasteiger partial charge on any atom is -0.489 e. The van der Waals surface area contributed by atoms with Gasteiger partial charge in [-0.25, -0.2) is 0 Å². The third-order valence-corrected chi connectivity index (χ3v) is 5.53. The molecule has 1 atom stereocenters. The van der Waals surface area contributed by atoms with Crippen molar-refractivity contribution < 1.29 is 18.7 Å². The van der Waals surface area contributed by atoms with E-state index in [4.69, 9.17) is 9.15 Å². The smallest absolute Gasteiger partial charge is 0.309 e. The van der Waals surface area contributed by atoms with Gasteiger partial charge in [0.25, 0.3) is 5.91 Å². The van der Waals surface area contributed by atoms with Crippen LogP contribution in [0.1, 0.15) is 29.6 Å². The van der Waals surface area contributed by atoms with Crippen LogP contribution in [-0.2, 0) is 18.3 Å². The number of aromatic nitrogens is 3. The van der Waals surface area contributed by atoms with Crippen LogP contribution in [0.25, 0.3) is 10.9 Å². The molecular weight excluding hydrogens is 422 g/mol. The Balaban J connectivity index is 0.00000259. The molecule has 4 aromatic rings. The van der Waals surface area contributed by atoms with E-state index >= 15 is 0 Å². The molecule has 3 heterocycles. The van der Waals surface area contributed by atoms with E-state index in [9.17, 15) is 9.59 Å². The van der Waals surface area contributed by atoms with Crippen LogP contribution in [0.5, 0.6) is 5.75 Å². The average Bonchev–Trinajstić information content (AvgIpc) is 3.39. The van der Waals surface area contributed by atoms with Crippen molar-refractivity contribution in [2.75, 3.05) is 18.6 Å². The Labute approximate surface area is 191 Å². The molecule has 1 aliphatic rings. The predicted molar refractivity (Wildman–Crippen MR) is 123 cm³/mol. The highest BCUT2D eigenvalue weighted by atomic mass is 16.5. The molecule has 0 fully saturated rings. The van der Waals surface area contributed by atoms with Gasteiger partial charge in [-0.05, 0) is 17.7 Å². The number of rotatable bonds is 4. The molecule has 9 heteroatoms. The maximum absolute atomic E-state index is 13.0. The lowest BCUT2D eigenvalue weighted by Crippen LogP contribution is -2.49. The second kappa shape index (κ2) is 8.78. The number of fused-ring (bicyclic) bond motifs is 2. The molecule has 2 aromatic heterocycles. The number of amides is 2. The normalized spacial score (nSPS) is 15.4. The van der Waals surface area contributed by atoms with Crippen LogP contribution in [0.3, 0.4) is 0 Å². The van der Waals surface area contributed by atoms with Gasteiger partial charge >= 0.3 is 11.8 Å². The van der Waals surface area contributed by atoms with Crippen LogP contribution < -0.4 is 15.0 Å². The van der Waals surface area contributed by atoms with Crippen LogP contribution in [0.2, 0.25) is 0 Å². The summed E-state index contributed by atoms with van der Waals surface area (Å²) in [5.74, 6) is -0.214. The van der Waals surface area contributed by atoms with E-state index in [1.807, 2.05) is 66.3 Å². The Morgan fingerprint density at radius 3 is 2.73 bits per heavy atom. The monoisotopic (exact) mass is 447 g/mol. The molecule has 0 spiro atoms. The number of nitrogens with zero attached hydrogens (tertiary/aromatic N) is 4. The van der Waals surface area contributed by atoms with Crippen molar-refractivity contribution in [3.8, 4) is 5.75 Å². The van der Waals surface area contributed by atoms with Crippen molar-refractivity contribution in [1.82, 2.24) is 20.1 Å². The zero-order valence-corrected chi connectivity index (χ0v) is 17.6. The molecule has 170 valence electrons. The van der Waals surface area contributed by atoms with Crippen LogP contribution in [-0.4, -0.2) is 46.3 Å². The maximum Gasteiger partial charge on any atom is 0.309 e. The fourth-order valence-corrected chi connectivity index (χ4v) is 3.77. The van der Waals surface area contributed by atoms with Crippen molar-refractivity contribution in [1.29, 1.82) is 0 Å². The summed E-state index contributed by atoms with van der Waals surface area (Å²) in [5.41, 5.74) is 2.62. The number of hydrogen-bond donors (Lipinski definition) is 1. The van der Waals surface area contributed by atoms with Crippen LogP contribution in [0, 0.1) is 0 Å². The van der Waals surface area contributed by atoms with Crippen molar-refractivity contribution in [2.45, 2.75) is 19.9 Å². The molecule has 0 saturated heterocycles. The third-order valence-electron chi connectivity index (χ3n) is 5.53. The van der Waals surface area contributed by atoms with Gasteiger partial charge in [0.1, 0.15) is 18.4 Å². The van der Waals surface area contributed by atoms with Gasteiger partial charge < -0.3 is 23.9 Å². The minimum atomic E-state index is -0.896. The quantitative estimate of drug-likeness (QED) is 0.516. The Morgan fingerprint density at radius 1 is 1.15 bits per heavy atom. The number of aryl methyl sites for hydroxylation is 1. The first-order chi connectivity index (χ1) is 15.5. The van der Waals surface area contributed by atoms with Gasteiger partial charge in [-0.3, -0.25) is 9.59 Å². The van der Waals surface area contributed by atoms with E-state index in [0.29, 0.717) is 23.7 Å². The van der Waals surface area contributed by atoms with Crippen molar-refractivity contribution >= 4 is 28.4 Å². The summed E-state index contributed by atoms with van der Waals surface area (Å²) in [6.07, 6.45) is 2.36. The molecule has 2 amide bonds. The van der Waals surface area contributed by atoms with E-state index in [1.165, 1.54) is 4.90 Å². The molecule has 2 aromatic carbocycles. The predicted octanol–water partition coefficient (Wildman–Crippen LogP) is 2.94. The Bertz CT molecular complexity index is 1310. The number of likely N-dealkylation sites (N-methyl/N-ethyl adjacent to an activating group) is 1. The molecule has 5 rings (SSSR count). The van der Waals surface area contributed by atoms with Gasteiger partial charge in [0.05, 0.1) is 17.6 Å². The SMILES string of the molecule is C.CN1C(=O)[C@H](NC(=O)c2nnc(Cc3ccccc3)o2)COc2cc3c(ccn3C)cc21. The van der Waals surface area contributed by atoms with Crippen molar-refractivity contribution in [2.24, 2.45) is 7.05 Å². The van der Waals surface area contributed by atoms with Crippen LogP contribution >= 0.6 is 0 Å². The van der Waals surface area contributed by atoms with E-state index in [0.717, 1.165) is 16.5 Å². The molecule has 0 aliphatic carbocycles. The van der Waals surface area contributed by atoms with Crippen LogP contribution in [0.15, 0.2) is 59.1 Å². The number of hydrogen-bond acceptors (Lipinski definition) is 6. The number of benzene rings is 2. The average molecular weight is 447 g/mol. The summed E-state index contributed by atoms with van der Waals surface area (Å²) in [5, 5.41) is 11.4. The van der Waals surface area contributed by atoms with E-state index in [2.05, 4.69) is 15.5 Å². The molecule has 33 heavy (non-hydrogen) atoms. The van der Waals surface area contributed by atoms with E-state index < -0.39 is 11.9 Å². The highest BCUT2D eigenvalue weighted by Gasteiger charge is 2.32. The Hall–Kier alpha value is -4.14. The Morgan fingerprint density at radius 2 is 1.94 bits per heavy atom. The molecule has 0 unspecified atom stereocenters. The number of carbonyl (C=O) groups excluding carboxylic acids is 2. The summed E-state index contributed by atoms with van der Waals surface area (Å²) in [6, 6.07) is 14.5. The van der Waals surface area contributed by atoms with E-state index in [1.54, 1.807) is 7.05 Å². The first-order valence-corrected chi connectivity index (χ1v) is 10.2. The second-order valence-electron chi connectivity index (χ2n) is 7.70. The minimum absolute atomic E-state index is 0. The molecule has 0 saturated carbocycles. The zero-order chi connectivity index (χ0) is 22.2. The van der Waals surface area contributed by atoms with Gasteiger partial charge in [0.15, 0.2) is 0 Å². The van der Waals surface area contributed by atoms with Gasteiger partial charge in [0.2, 0.25) is 5.89 Å². The zero-order valence-electron chi connectivity index (χ0n) is 17.6. The highest BCUT2D eigenvalue weighted by molar-refractivity contribution is 6.03. The standard InChI is InChI=1S/C23H21N5O4.CH4/c1-27-9-8-15-11-18-19(12-17(15)27)31-13-16(23(30)28(18)2)24-21(29)22-26-25-20(32-22)10-14-6-4-3-5-7-14;/h3-9,11-12,16H,10,13H2,1-2H3,(H,24,29);1H4/t16-;/m1./s1. The third kappa shape index (κ3) is 4.17. The van der Waals surface area contributed by atoms with Gasteiger partial charge in [-0.2, -0.15) is 0 Å². The molecular formula is C24H25N5O4. The number of ether oxygens (including phenoxy) is 1. The lowest BCUT2D eigenvalue weighted by atomic mass is 10.2. The first kappa shape index (κ1) is 22.1. The molecule has 0 bridgehead atoms. The number of carbonyl (C=O) groups is 2. The largest absolute Gasteiger partial charge is 0.489 e.